The second kappa shape index (κ2) is 18.4. The van der Waals surface area contributed by atoms with E-state index in [1.165, 1.54) is 5.56 Å². The van der Waals surface area contributed by atoms with Crippen LogP contribution in [0.3, 0.4) is 0 Å². The number of nitrogens with zero attached hydrogens (tertiary/aromatic N) is 6. The third kappa shape index (κ3) is 8.76. The largest absolute Gasteiger partial charge is 0.493 e. The van der Waals surface area contributed by atoms with Crippen LogP contribution in [0.5, 0.6) is 34.5 Å². The maximum absolute atomic E-state index is 13.5. The van der Waals surface area contributed by atoms with E-state index in [0.29, 0.717) is 47.8 Å². The number of aryl methyl sites for hydroxylation is 1. The Hall–Kier alpha value is -6.38. The van der Waals surface area contributed by atoms with Crippen molar-refractivity contribution in [3.8, 4) is 34.5 Å². The van der Waals surface area contributed by atoms with Crippen LogP contribution in [0, 0.1) is 6.92 Å². The Morgan fingerprint density at radius 2 is 1.45 bits per heavy atom. The lowest BCUT2D eigenvalue weighted by atomic mass is 10.0. The third-order valence-corrected chi connectivity index (χ3v) is 13.1. The van der Waals surface area contributed by atoms with Crippen molar-refractivity contribution < 1.29 is 38.0 Å². The molecule has 5 aromatic carbocycles. The van der Waals surface area contributed by atoms with Crippen molar-refractivity contribution in [2.24, 2.45) is 9.98 Å². The molecule has 2 amide bonds. The van der Waals surface area contributed by atoms with Gasteiger partial charge >= 0.3 is 0 Å². The molecule has 64 heavy (non-hydrogen) atoms. The lowest BCUT2D eigenvalue weighted by Gasteiger charge is -2.34. The molecule has 0 aliphatic carbocycles. The van der Waals surface area contributed by atoms with Crippen LogP contribution in [0.2, 0.25) is 0 Å². The van der Waals surface area contributed by atoms with Gasteiger partial charge in [0.2, 0.25) is 13.2 Å². The average Bonchev–Trinajstić information content (AvgIpc) is 4.07. The van der Waals surface area contributed by atoms with Crippen LogP contribution in [-0.4, -0.2) is 130 Å². The van der Waals surface area contributed by atoms with Crippen molar-refractivity contribution in [1.82, 2.24) is 19.6 Å². The molecular formula is C50H56N6O8. The van der Waals surface area contributed by atoms with Crippen molar-refractivity contribution in [3.05, 3.63) is 83.4 Å². The standard InChI is InChI=1S/C31H34N4O5.C19H22N2O3/c1-31-6-3-7-35(31)30(36)24-13-22-16-29(27(37-2)15-23(22)14-25(24)32-18-31)38-19-34-10-8-33(9-11-34)17-21-4-5-26-28(12-21)40-20-39-26;1-13-7-14-9-18(23-2)19(24-3)10-15(14)8-17(13)20-11-16-5-4-6-21(16)12-22/h4-5,12-16,18H,3,6-11,17,19-20H2,1-2H3;7-12,16H,4-6H2,1-3H3. The van der Waals surface area contributed by atoms with Crippen LogP contribution >= 0.6 is 0 Å². The molecule has 14 heteroatoms. The second-order valence-electron chi connectivity index (χ2n) is 17.3. The van der Waals surface area contributed by atoms with Gasteiger partial charge in [-0.1, -0.05) is 6.07 Å². The van der Waals surface area contributed by atoms with E-state index in [1.54, 1.807) is 26.2 Å². The molecule has 0 N–H and O–H groups in total. The number of hydrogen-bond acceptors (Lipinski definition) is 12. The first-order valence-corrected chi connectivity index (χ1v) is 22.1. The average molecular weight is 869 g/mol. The van der Waals surface area contributed by atoms with Crippen molar-refractivity contribution >= 4 is 57.7 Å². The number of carbonyl (C=O) groups is 2. The summed E-state index contributed by atoms with van der Waals surface area (Å²) in [5.41, 5.74) is 4.26. The lowest BCUT2D eigenvalue weighted by molar-refractivity contribution is -0.117. The Balaban J connectivity index is 0.000000185. The van der Waals surface area contributed by atoms with Crippen molar-refractivity contribution in [2.75, 3.05) is 74.1 Å². The van der Waals surface area contributed by atoms with Crippen molar-refractivity contribution in [3.63, 3.8) is 0 Å². The third-order valence-electron chi connectivity index (χ3n) is 13.1. The summed E-state index contributed by atoms with van der Waals surface area (Å²) in [6.45, 7) is 11.1. The van der Waals surface area contributed by atoms with Gasteiger partial charge in [-0.05, 0) is 133 Å². The van der Waals surface area contributed by atoms with Crippen LogP contribution < -0.4 is 28.4 Å². The van der Waals surface area contributed by atoms with E-state index in [4.69, 9.17) is 33.4 Å². The number of hydrogen-bond donors (Lipinski definition) is 0. The summed E-state index contributed by atoms with van der Waals surface area (Å²) in [7, 11) is 4.92. The Bertz CT molecular complexity index is 2630. The summed E-state index contributed by atoms with van der Waals surface area (Å²) in [6, 6.07) is 22.2. The topological polar surface area (TPSA) is 127 Å². The minimum absolute atomic E-state index is 0.0475. The molecule has 2 unspecified atom stereocenters. The van der Waals surface area contributed by atoms with Crippen LogP contribution in [-0.2, 0) is 11.3 Å². The summed E-state index contributed by atoms with van der Waals surface area (Å²) in [4.78, 5) is 42.4. The summed E-state index contributed by atoms with van der Waals surface area (Å²) in [6.07, 6.45) is 8.68. The summed E-state index contributed by atoms with van der Waals surface area (Å²) < 4.78 is 33.7. The number of carbonyl (C=O) groups excluding carboxylic acids is 2. The molecule has 14 nitrogen and oxygen atoms in total. The molecule has 334 valence electrons. The predicted octanol–water partition coefficient (Wildman–Crippen LogP) is 7.93. The smallest absolute Gasteiger partial charge is 0.256 e. The van der Waals surface area contributed by atoms with Gasteiger partial charge in [-0.15, -0.1) is 0 Å². The summed E-state index contributed by atoms with van der Waals surface area (Å²) >= 11 is 0. The van der Waals surface area contributed by atoms with E-state index in [9.17, 15) is 9.59 Å². The molecule has 0 radical (unpaired) electrons. The van der Waals surface area contributed by atoms with E-state index in [-0.39, 0.29) is 17.5 Å². The molecule has 3 fully saturated rings. The number of likely N-dealkylation sites (tertiary alicyclic amines) is 1. The van der Waals surface area contributed by atoms with Gasteiger partial charge in [-0.25, -0.2) is 0 Å². The number of aliphatic imine (C=N–C) groups is 2. The van der Waals surface area contributed by atoms with Gasteiger partial charge in [0.15, 0.2) is 34.5 Å². The molecule has 10 rings (SSSR count). The Kier molecular flexibility index (Phi) is 12.3. The molecule has 0 saturated carbocycles. The number of amides is 2. The minimum atomic E-state index is -0.317. The first kappa shape index (κ1) is 42.9. The highest BCUT2D eigenvalue weighted by Gasteiger charge is 2.41. The van der Waals surface area contributed by atoms with Gasteiger partial charge in [-0.2, -0.15) is 0 Å². The van der Waals surface area contributed by atoms with Crippen LogP contribution in [0.1, 0.15) is 54.1 Å². The fourth-order valence-electron chi connectivity index (χ4n) is 9.33. The van der Waals surface area contributed by atoms with Gasteiger partial charge < -0.3 is 38.2 Å². The molecule has 0 spiro atoms. The number of ether oxygens (including phenoxy) is 6. The zero-order chi connectivity index (χ0) is 44.4. The zero-order valence-corrected chi connectivity index (χ0v) is 37.3. The molecule has 0 aromatic heterocycles. The van der Waals surface area contributed by atoms with Crippen molar-refractivity contribution in [1.29, 1.82) is 0 Å². The molecule has 5 heterocycles. The lowest BCUT2D eigenvalue weighted by Crippen LogP contribution is -2.47. The monoisotopic (exact) mass is 868 g/mol. The van der Waals surface area contributed by atoms with Gasteiger partial charge in [0.05, 0.1) is 49.8 Å². The number of piperazine rings is 1. The molecule has 2 atom stereocenters. The molecule has 5 aliphatic rings. The first-order chi connectivity index (χ1) is 31.1. The zero-order valence-electron chi connectivity index (χ0n) is 37.3. The maximum atomic E-state index is 13.5. The molecule has 0 bridgehead atoms. The quantitative estimate of drug-likeness (QED) is 0.0955. The molecule has 5 aromatic rings. The minimum Gasteiger partial charge on any atom is -0.493 e. The van der Waals surface area contributed by atoms with Gasteiger partial charge in [0.1, 0.15) is 6.73 Å². The van der Waals surface area contributed by atoms with Gasteiger partial charge in [-0.3, -0.25) is 29.4 Å². The maximum Gasteiger partial charge on any atom is 0.256 e. The Morgan fingerprint density at radius 1 is 0.781 bits per heavy atom. The number of rotatable bonds is 11. The highest BCUT2D eigenvalue weighted by atomic mass is 16.7. The van der Waals surface area contributed by atoms with Crippen LogP contribution in [0.15, 0.2) is 76.7 Å². The predicted molar refractivity (Wildman–Crippen MR) is 248 cm³/mol. The van der Waals surface area contributed by atoms with Crippen LogP contribution in [0.4, 0.5) is 11.4 Å². The van der Waals surface area contributed by atoms with Gasteiger partial charge in [0.25, 0.3) is 5.91 Å². The highest BCUT2D eigenvalue weighted by Crippen LogP contribution is 2.40. The van der Waals surface area contributed by atoms with E-state index in [1.807, 2.05) is 72.8 Å². The Morgan fingerprint density at radius 3 is 2.20 bits per heavy atom. The molecule has 3 saturated heterocycles. The number of benzene rings is 5. The van der Waals surface area contributed by atoms with E-state index in [2.05, 4.69) is 39.9 Å². The summed E-state index contributed by atoms with van der Waals surface area (Å²) in [5, 5.41) is 4.04. The number of fused-ring (bicyclic) bond motifs is 5. The van der Waals surface area contributed by atoms with Crippen molar-refractivity contribution in [2.45, 2.75) is 57.7 Å². The SMILES string of the molecule is COc1cc2cc(C)c(N=CC3CCCN3C=O)cc2cc1OC.COc1cc2cc3c(cc2cc1OCN1CCN(Cc2ccc4c(c2)OCO4)CC1)C(=O)N1CCCC1(C)C=N3. The van der Waals surface area contributed by atoms with Crippen LogP contribution in [0.25, 0.3) is 21.5 Å². The van der Waals surface area contributed by atoms with E-state index in [0.717, 1.165) is 122 Å². The van der Waals surface area contributed by atoms with E-state index >= 15 is 0 Å². The Labute approximate surface area is 373 Å². The fraction of sp³-hybridized carbons (Fsp3) is 0.400. The normalized spacial score (nSPS) is 20.6. The first-order valence-electron chi connectivity index (χ1n) is 22.1. The summed E-state index contributed by atoms with van der Waals surface area (Å²) in [5.74, 6) is 4.46. The fourth-order valence-corrected chi connectivity index (χ4v) is 9.33. The van der Waals surface area contributed by atoms with E-state index < -0.39 is 0 Å². The molecular weight excluding hydrogens is 813 g/mol. The van der Waals surface area contributed by atoms with Gasteiger partial charge in [0, 0.05) is 58.2 Å². The molecule has 5 aliphatic heterocycles. The second-order valence-corrected chi connectivity index (χ2v) is 17.3. The number of methoxy groups -OCH3 is 3. The highest BCUT2D eigenvalue weighted by molar-refractivity contribution is 6.07.